The van der Waals surface area contributed by atoms with Gasteiger partial charge in [0, 0.05) is 32.5 Å². The minimum absolute atomic E-state index is 0.0307. The van der Waals surface area contributed by atoms with E-state index in [4.69, 9.17) is 32.8 Å². The fourth-order valence-electron chi connectivity index (χ4n) is 7.06. The van der Waals surface area contributed by atoms with E-state index in [9.17, 15) is 0 Å². The zero-order chi connectivity index (χ0) is 33.1. The number of hydrogen-bond acceptors (Lipinski definition) is 7. The fraction of sp³-hybridized carbons (Fsp3) is 0.684. The Kier molecular flexibility index (Phi) is 11.1. The second-order valence-electron chi connectivity index (χ2n) is 15.5. The minimum atomic E-state index is -2.13. The average molecular weight is 655 g/mol. The lowest BCUT2D eigenvalue weighted by atomic mass is 9.83. The average Bonchev–Trinajstić information content (AvgIpc) is 3.53. The van der Waals surface area contributed by atoms with Crippen LogP contribution in [0.15, 0.2) is 54.6 Å². The first-order chi connectivity index (χ1) is 21.8. The van der Waals surface area contributed by atoms with Crippen molar-refractivity contribution in [1.82, 2.24) is 0 Å². The summed E-state index contributed by atoms with van der Waals surface area (Å²) in [6.07, 6.45) is 5.97. The van der Waals surface area contributed by atoms with E-state index in [2.05, 4.69) is 59.8 Å². The van der Waals surface area contributed by atoms with Crippen molar-refractivity contribution < 1.29 is 32.8 Å². The van der Waals surface area contributed by atoms with Gasteiger partial charge in [-0.1, -0.05) is 70.2 Å². The van der Waals surface area contributed by atoms with Gasteiger partial charge in [-0.2, -0.15) is 0 Å². The van der Waals surface area contributed by atoms with Crippen LogP contribution in [0, 0.1) is 5.92 Å². The molecule has 0 saturated carbocycles. The Hall–Kier alpha value is -1.78. The van der Waals surface area contributed by atoms with Crippen LogP contribution in [-0.4, -0.2) is 58.0 Å². The summed E-state index contributed by atoms with van der Waals surface area (Å²) in [5, 5.41) is 0.0723. The molecule has 8 heteroatoms. The van der Waals surface area contributed by atoms with Gasteiger partial charge >= 0.3 is 0 Å². The highest BCUT2D eigenvalue weighted by molar-refractivity contribution is 6.74. The number of ether oxygens (including phenoxy) is 6. The highest BCUT2D eigenvalue weighted by Gasteiger charge is 2.66. The Morgan fingerprint density at radius 2 is 1.50 bits per heavy atom. The van der Waals surface area contributed by atoms with Crippen molar-refractivity contribution in [3.63, 3.8) is 0 Å². The Bertz CT molecular complexity index is 1250. The molecule has 2 aromatic rings. The summed E-state index contributed by atoms with van der Waals surface area (Å²) in [6, 6.07) is 18.4. The van der Waals surface area contributed by atoms with Crippen molar-refractivity contribution in [2.24, 2.45) is 5.92 Å². The summed E-state index contributed by atoms with van der Waals surface area (Å²) >= 11 is 0. The van der Waals surface area contributed by atoms with E-state index < -0.39 is 25.5 Å². The van der Waals surface area contributed by atoms with Crippen molar-refractivity contribution in [3.8, 4) is 5.75 Å². The second kappa shape index (κ2) is 14.4. The molecule has 2 aromatic carbocycles. The normalized spacial score (nSPS) is 31.6. The van der Waals surface area contributed by atoms with Gasteiger partial charge in [0.1, 0.15) is 11.4 Å². The number of methoxy groups -OCH3 is 1. The maximum Gasteiger partial charge on any atom is 0.199 e. The van der Waals surface area contributed by atoms with Gasteiger partial charge in [-0.25, -0.2) is 0 Å². The summed E-state index contributed by atoms with van der Waals surface area (Å²) in [7, 11) is -0.453. The Morgan fingerprint density at radius 1 is 0.848 bits per heavy atom. The van der Waals surface area contributed by atoms with Crippen molar-refractivity contribution in [2.45, 2.75) is 140 Å². The summed E-state index contributed by atoms with van der Waals surface area (Å²) in [5.41, 5.74) is 1.76. The molecular formula is C38H58O7Si. The van der Waals surface area contributed by atoms with E-state index in [1.165, 1.54) is 5.56 Å². The van der Waals surface area contributed by atoms with E-state index in [1.807, 2.05) is 42.5 Å². The van der Waals surface area contributed by atoms with Gasteiger partial charge in [0.25, 0.3) is 0 Å². The topological polar surface area (TPSA) is 64.6 Å². The first-order valence-electron chi connectivity index (χ1n) is 17.4. The molecule has 5 rings (SSSR count). The lowest BCUT2D eigenvalue weighted by Crippen LogP contribution is -2.65. The van der Waals surface area contributed by atoms with Crippen LogP contribution in [0.1, 0.15) is 90.7 Å². The maximum atomic E-state index is 7.27. The summed E-state index contributed by atoms with van der Waals surface area (Å²) in [5.74, 6) is -0.298. The zero-order valence-corrected chi connectivity index (χ0v) is 30.6. The molecule has 0 aromatic heterocycles. The molecule has 3 fully saturated rings. The van der Waals surface area contributed by atoms with Gasteiger partial charge in [-0.3, -0.25) is 0 Å². The zero-order valence-electron chi connectivity index (χ0n) is 29.6. The predicted molar refractivity (Wildman–Crippen MR) is 183 cm³/mol. The van der Waals surface area contributed by atoms with Crippen LogP contribution in [0.25, 0.3) is 0 Å². The van der Waals surface area contributed by atoms with Gasteiger partial charge in [-0.15, -0.1) is 0 Å². The first kappa shape index (κ1) is 35.5. The molecule has 0 unspecified atom stereocenters. The van der Waals surface area contributed by atoms with E-state index in [0.29, 0.717) is 32.3 Å². The van der Waals surface area contributed by atoms with Crippen molar-refractivity contribution >= 4 is 8.32 Å². The van der Waals surface area contributed by atoms with E-state index in [1.54, 1.807) is 7.11 Å². The lowest BCUT2D eigenvalue weighted by Gasteiger charge is -2.55. The van der Waals surface area contributed by atoms with Crippen molar-refractivity contribution in [1.29, 1.82) is 0 Å². The molecule has 3 aliphatic heterocycles. The van der Waals surface area contributed by atoms with Crippen LogP contribution in [0.5, 0.6) is 5.75 Å². The van der Waals surface area contributed by atoms with Crippen molar-refractivity contribution in [2.75, 3.05) is 20.3 Å². The van der Waals surface area contributed by atoms with Crippen molar-refractivity contribution in [3.05, 3.63) is 65.7 Å². The van der Waals surface area contributed by atoms with Crippen LogP contribution in [0.2, 0.25) is 18.1 Å². The molecule has 256 valence electrons. The van der Waals surface area contributed by atoms with Crippen LogP contribution in [0.4, 0.5) is 0 Å². The molecule has 0 N–H and O–H groups in total. The third kappa shape index (κ3) is 8.08. The summed E-state index contributed by atoms with van der Waals surface area (Å²) < 4.78 is 45.8. The third-order valence-corrected chi connectivity index (χ3v) is 15.5. The molecule has 0 radical (unpaired) electrons. The molecule has 6 atom stereocenters. The second-order valence-corrected chi connectivity index (χ2v) is 20.2. The monoisotopic (exact) mass is 654 g/mol. The molecule has 3 saturated heterocycles. The van der Waals surface area contributed by atoms with E-state index >= 15 is 0 Å². The van der Waals surface area contributed by atoms with Gasteiger partial charge < -0.3 is 32.8 Å². The quantitative estimate of drug-likeness (QED) is 0.158. The number of hydrogen-bond donors (Lipinski definition) is 0. The standard InChI is InChI=1S/C38H58O7Si/c1-29-26-37(43-34(29)20-25-41-27-30-12-10-9-11-13-30)22-23-38(44-37)36(5,45-46(7,8)35(2,3)4)21-18-33(42-38)19-24-40-28-31-14-16-32(39-6)17-15-31/h9-17,29,33-34H,18-28H2,1-8H3/t29-,33+,34-,36-,37-,38-/m1/s1. The number of rotatable bonds is 13. The van der Waals surface area contributed by atoms with Crippen LogP contribution in [-0.2, 0) is 41.3 Å². The highest BCUT2D eigenvalue weighted by atomic mass is 28.4. The van der Waals surface area contributed by atoms with Crippen LogP contribution < -0.4 is 4.74 Å². The van der Waals surface area contributed by atoms with E-state index in [-0.39, 0.29) is 17.2 Å². The Balaban J connectivity index is 1.23. The van der Waals surface area contributed by atoms with Crippen LogP contribution in [0.3, 0.4) is 0 Å². The van der Waals surface area contributed by atoms with Gasteiger partial charge in [0.15, 0.2) is 19.9 Å². The minimum Gasteiger partial charge on any atom is -0.497 e. The smallest absolute Gasteiger partial charge is 0.199 e. The Labute approximate surface area is 278 Å². The molecule has 0 aliphatic carbocycles. The molecule has 2 spiro atoms. The van der Waals surface area contributed by atoms with Crippen LogP contribution >= 0.6 is 0 Å². The molecule has 0 bridgehead atoms. The third-order valence-electron chi connectivity index (χ3n) is 10.9. The SMILES string of the molecule is COc1ccc(COCC[C@@H]2CC[C@@](C)(O[Si](C)(C)C(C)(C)C)[C@]3(CC[C@]4(C[C@@H](C)[C@@H](CCOCc5ccccc5)O4)O3)O2)cc1. The molecule has 3 heterocycles. The summed E-state index contributed by atoms with van der Waals surface area (Å²) in [6.45, 7) is 18.5. The predicted octanol–water partition coefficient (Wildman–Crippen LogP) is 8.80. The molecule has 3 aliphatic rings. The van der Waals surface area contributed by atoms with Gasteiger partial charge in [0.05, 0.1) is 32.5 Å². The molecule has 7 nitrogen and oxygen atoms in total. The molecular weight excluding hydrogens is 596 g/mol. The lowest BCUT2D eigenvalue weighted by molar-refractivity contribution is -0.384. The molecule has 46 heavy (non-hydrogen) atoms. The maximum absolute atomic E-state index is 7.27. The fourth-order valence-corrected chi connectivity index (χ4v) is 8.75. The highest BCUT2D eigenvalue weighted by Crippen LogP contribution is 2.58. The van der Waals surface area contributed by atoms with Gasteiger partial charge in [-0.05, 0) is 79.9 Å². The first-order valence-corrected chi connectivity index (χ1v) is 20.3. The number of benzene rings is 2. The largest absolute Gasteiger partial charge is 0.497 e. The van der Waals surface area contributed by atoms with E-state index in [0.717, 1.165) is 56.3 Å². The van der Waals surface area contributed by atoms with Gasteiger partial charge in [0.2, 0.25) is 0 Å². The summed E-state index contributed by atoms with van der Waals surface area (Å²) in [4.78, 5) is 0. The Morgan fingerprint density at radius 3 is 2.15 bits per heavy atom. The molecule has 0 amide bonds.